The van der Waals surface area contributed by atoms with Crippen LogP contribution < -0.4 is 5.32 Å². The number of ether oxygens (including phenoxy) is 1. The van der Waals surface area contributed by atoms with Crippen LogP contribution in [0.4, 0.5) is 4.79 Å². The Kier molecular flexibility index (Phi) is 6.27. The van der Waals surface area contributed by atoms with E-state index < -0.39 is 0 Å². The minimum atomic E-state index is -0.344. The van der Waals surface area contributed by atoms with Gasteiger partial charge >= 0.3 is 6.03 Å². The molecular formula is C17H31N3O3. The highest BCUT2D eigenvalue weighted by molar-refractivity contribution is 5.77. The third-order valence-corrected chi connectivity index (χ3v) is 4.75. The third kappa shape index (κ3) is 5.09. The molecule has 2 aliphatic rings. The zero-order valence-electron chi connectivity index (χ0n) is 14.8. The fourth-order valence-corrected chi connectivity index (χ4v) is 3.44. The van der Waals surface area contributed by atoms with E-state index in [4.69, 9.17) is 4.74 Å². The molecule has 0 aromatic heterocycles. The standard InChI is InChI=1S/C17H31N3O3/c1-4-23-17(2,3)13-18-16(22)19-11-8-14(9-12-19)20-10-6-5-7-15(20)21/h14H,4-13H2,1-3H3,(H,18,22). The van der Waals surface area contributed by atoms with E-state index in [1.54, 1.807) is 0 Å². The Bertz CT molecular complexity index is 417. The van der Waals surface area contributed by atoms with Crippen molar-refractivity contribution in [1.29, 1.82) is 0 Å². The van der Waals surface area contributed by atoms with Crippen LogP contribution in [0.2, 0.25) is 0 Å². The highest BCUT2D eigenvalue weighted by atomic mass is 16.5. The molecule has 6 nitrogen and oxygen atoms in total. The van der Waals surface area contributed by atoms with Gasteiger partial charge in [0.15, 0.2) is 0 Å². The van der Waals surface area contributed by atoms with Gasteiger partial charge in [0, 0.05) is 45.2 Å². The number of hydrogen-bond acceptors (Lipinski definition) is 3. The average molecular weight is 325 g/mol. The first-order chi connectivity index (χ1) is 10.9. The minimum Gasteiger partial charge on any atom is -0.374 e. The Morgan fingerprint density at radius 1 is 1.26 bits per heavy atom. The molecule has 3 amide bonds. The normalized spacial score (nSPS) is 20.7. The molecule has 23 heavy (non-hydrogen) atoms. The van der Waals surface area contributed by atoms with Crippen LogP contribution >= 0.6 is 0 Å². The van der Waals surface area contributed by atoms with Crippen molar-refractivity contribution in [3.63, 3.8) is 0 Å². The number of urea groups is 1. The van der Waals surface area contributed by atoms with Crippen LogP contribution in [0, 0.1) is 0 Å². The van der Waals surface area contributed by atoms with Gasteiger partial charge in [-0.2, -0.15) is 0 Å². The number of hydrogen-bond donors (Lipinski definition) is 1. The number of amides is 3. The maximum Gasteiger partial charge on any atom is 0.317 e. The molecule has 2 fully saturated rings. The van der Waals surface area contributed by atoms with Crippen LogP contribution in [-0.4, -0.2) is 66.2 Å². The second-order valence-corrected chi connectivity index (χ2v) is 7.11. The predicted octanol–water partition coefficient (Wildman–Crippen LogP) is 1.99. The zero-order chi connectivity index (χ0) is 16.9. The number of likely N-dealkylation sites (tertiary alicyclic amines) is 2. The molecule has 0 unspecified atom stereocenters. The molecule has 2 aliphatic heterocycles. The number of nitrogens with one attached hydrogen (secondary N) is 1. The second-order valence-electron chi connectivity index (χ2n) is 7.11. The molecule has 6 heteroatoms. The summed E-state index contributed by atoms with van der Waals surface area (Å²) >= 11 is 0. The molecule has 0 aromatic carbocycles. The summed E-state index contributed by atoms with van der Waals surface area (Å²) in [5, 5.41) is 2.96. The Morgan fingerprint density at radius 2 is 1.96 bits per heavy atom. The van der Waals surface area contributed by atoms with Crippen LogP contribution in [0.5, 0.6) is 0 Å². The first-order valence-corrected chi connectivity index (χ1v) is 8.89. The molecule has 0 aliphatic carbocycles. The molecule has 0 radical (unpaired) electrons. The topological polar surface area (TPSA) is 61.9 Å². The summed E-state index contributed by atoms with van der Waals surface area (Å²) in [6.45, 7) is 9.37. The van der Waals surface area contributed by atoms with E-state index >= 15 is 0 Å². The van der Waals surface area contributed by atoms with Crippen LogP contribution in [0.3, 0.4) is 0 Å². The molecule has 132 valence electrons. The van der Waals surface area contributed by atoms with Crippen LogP contribution in [0.1, 0.15) is 52.9 Å². The van der Waals surface area contributed by atoms with Gasteiger partial charge in [0.25, 0.3) is 0 Å². The molecule has 0 bridgehead atoms. The monoisotopic (exact) mass is 325 g/mol. The summed E-state index contributed by atoms with van der Waals surface area (Å²) in [6, 6.07) is 0.285. The Labute approximate surface area is 139 Å². The molecule has 0 atom stereocenters. The third-order valence-electron chi connectivity index (χ3n) is 4.75. The van der Waals surface area contributed by atoms with E-state index in [2.05, 4.69) is 5.32 Å². The second kappa shape index (κ2) is 7.99. The molecule has 0 saturated carbocycles. The van der Waals surface area contributed by atoms with E-state index in [0.29, 0.717) is 25.6 Å². The lowest BCUT2D eigenvalue weighted by atomic mass is 10.00. The van der Waals surface area contributed by atoms with Gasteiger partial charge in [0.1, 0.15) is 0 Å². The number of nitrogens with zero attached hydrogens (tertiary/aromatic N) is 2. The molecule has 2 saturated heterocycles. The van der Waals surface area contributed by atoms with Gasteiger partial charge in [-0.05, 0) is 46.5 Å². The lowest BCUT2D eigenvalue weighted by molar-refractivity contribution is -0.136. The fourth-order valence-electron chi connectivity index (χ4n) is 3.44. The lowest BCUT2D eigenvalue weighted by Crippen LogP contribution is -2.53. The smallest absolute Gasteiger partial charge is 0.317 e. The van der Waals surface area contributed by atoms with Gasteiger partial charge in [0.2, 0.25) is 5.91 Å². The maximum absolute atomic E-state index is 12.3. The van der Waals surface area contributed by atoms with Crippen molar-refractivity contribution < 1.29 is 14.3 Å². The number of piperidine rings is 2. The van der Waals surface area contributed by atoms with Crippen molar-refractivity contribution in [3.05, 3.63) is 0 Å². The SMILES string of the molecule is CCOC(C)(C)CNC(=O)N1CCC(N2CCCCC2=O)CC1. The quantitative estimate of drug-likeness (QED) is 0.841. The largest absolute Gasteiger partial charge is 0.374 e. The van der Waals surface area contributed by atoms with Crippen LogP contribution in [0.25, 0.3) is 0 Å². The van der Waals surface area contributed by atoms with Crippen molar-refractivity contribution in [2.75, 3.05) is 32.8 Å². The van der Waals surface area contributed by atoms with Crippen LogP contribution in [0.15, 0.2) is 0 Å². The Morgan fingerprint density at radius 3 is 2.57 bits per heavy atom. The van der Waals surface area contributed by atoms with Crippen molar-refractivity contribution in [1.82, 2.24) is 15.1 Å². The summed E-state index contributed by atoms with van der Waals surface area (Å²) in [6.07, 6.45) is 4.58. The fraction of sp³-hybridized carbons (Fsp3) is 0.882. The zero-order valence-corrected chi connectivity index (χ0v) is 14.8. The van der Waals surface area contributed by atoms with Gasteiger partial charge in [0.05, 0.1) is 5.60 Å². The van der Waals surface area contributed by atoms with Crippen molar-refractivity contribution in [2.45, 2.75) is 64.5 Å². The number of carbonyl (C=O) groups excluding carboxylic acids is 2. The van der Waals surface area contributed by atoms with E-state index in [1.165, 1.54) is 0 Å². The highest BCUT2D eigenvalue weighted by Gasteiger charge is 2.31. The van der Waals surface area contributed by atoms with E-state index in [1.807, 2.05) is 30.6 Å². The summed E-state index contributed by atoms with van der Waals surface area (Å²) in [5.74, 6) is 0.289. The van der Waals surface area contributed by atoms with Gasteiger partial charge < -0.3 is 19.9 Å². The first kappa shape index (κ1) is 18.0. The molecule has 1 N–H and O–H groups in total. The lowest BCUT2D eigenvalue weighted by Gasteiger charge is -2.40. The highest BCUT2D eigenvalue weighted by Crippen LogP contribution is 2.21. The summed E-state index contributed by atoms with van der Waals surface area (Å²) in [7, 11) is 0. The summed E-state index contributed by atoms with van der Waals surface area (Å²) in [4.78, 5) is 28.2. The van der Waals surface area contributed by atoms with E-state index in [9.17, 15) is 9.59 Å². The number of carbonyl (C=O) groups is 2. The predicted molar refractivity (Wildman–Crippen MR) is 89.3 cm³/mol. The molecule has 2 heterocycles. The Hall–Kier alpha value is -1.30. The minimum absolute atomic E-state index is 0.0267. The van der Waals surface area contributed by atoms with Crippen molar-refractivity contribution in [3.8, 4) is 0 Å². The van der Waals surface area contributed by atoms with Crippen molar-refractivity contribution in [2.24, 2.45) is 0 Å². The van der Waals surface area contributed by atoms with Gasteiger partial charge in [-0.15, -0.1) is 0 Å². The maximum atomic E-state index is 12.3. The van der Waals surface area contributed by atoms with E-state index in [0.717, 1.165) is 45.3 Å². The van der Waals surface area contributed by atoms with Gasteiger partial charge in [-0.3, -0.25) is 4.79 Å². The number of rotatable bonds is 5. The van der Waals surface area contributed by atoms with Gasteiger partial charge in [-0.25, -0.2) is 4.79 Å². The molecule has 0 spiro atoms. The van der Waals surface area contributed by atoms with Crippen molar-refractivity contribution >= 4 is 11.9 Å². The molecule has 2 rings (SSSR count). The molecular weight excluding hydrogens is 294 g/mol. The Balaban J connectivity index is 1.75. The van der Waals surface area contributed by atoms with E-state index in [-0.39, 0.29) is 17.5 Å². The molecule has 0 aromatic rings. The summed E-state index contributed by atoms with van der Waals surface area (Å²) < 4.78 is 5.60. The van der Waals surface area contributed by atoms with Gasteiger partial charge in [-0.1, -0.05) is 0 Å². The average Bonchev–Trinajstić information content (AvgIpc) is 2.53. The first-order valence-electron chi connectivity index (χ1n) is 8.89. The summed E-state index contributed by atoms with van der Waals surface area (Å²) in [5.41, 5.74) is -0.344. The van der Waals surface area contributed by atoms with Crippen LogP contribution in [-0.2, 0) is 9.53 Å².